The maximum absolute atomic E-state index is 11.9. The van der Waals surface area contributed by atoms with Crippen molar-refractivity contribution in [3.63, 3.8) is 0 Å². The van der Waals surface area contributed by atoms with E-state index < -0.39 is 0 Å². The van der Waals surface area contributed by atoms with Crippen LogP contribution in [0.25, 0.3) is 0 Å². The molecule has 0 aliphatic carbocycles. The number of likely N-dealkylation sites (N-methyl/N-ethyl adjacent to an activating group) is 1. The molecule has 0 bridgehead atoms. The molecule has 1 aliphatic rings. The van der Waals surface area contributed by atoms with Crippen LogP contribution in [0, 0.1) is 0 Å². The van der Waals surface area contributed by atoms with Crippen molar-refractivity contribution in [1.82, 2.24) is 9.80 Å². The summed E-state index contributed by atoms with van der Waals surface area (Å²) in [6.45, 7) is 2.32. The van der Waals surface area contributed by atoms with Crippen LogP contribution in [0.4, 0.5) is 4.79 Å². The van der Waals surface area contributed by atoms with Gasteiger partial charge in [0.2, 0.25) is 6.79 Å². The molecule has 0 fully saturated rings. The Morgan fingerprint density at radius 2 is 1.95 bits per heavy atom. The van der Waals surface area contributed by atoms with Gasteiger partial charge in [0.15, 0.2) is 11.5 Å². The average molecular weight is 264 g/mol. The van der Waals surface area contributed by atoms with Crippen LogP contribution in [0.2, 0.25) is 0 Å². The lowest BCUT2D eigenvalue weighted by molar-refractivity contribution is 0.167. The van der Waals surface area contributed by atoms with E-state index in [1.807, 2.05) is 32.2 Å². The number of rotatable bonds is 3. The average Bonchev–Trinajstić information content (AvgIpc) is 2.84. The molecule has 0 N–H and O–H groups in total. The van der Waals surface area contributed by atoms with E-state index in [2.05, 4.69) is 0 Å². The van der Waals surface area contributed by atoms with E-state index in [1.54, 1.807) is 23.9 Å². The standard InChI is InChI=1S/C14H20N2O3/c1-10(16(4)14(17)15(2)3)7-11-5-6-12-13(8-11)19-9-18-12/h5-6,8,10H,7,9H2,1-4H3. The van der Waals surface area contributed by atoms with Gasteiger partial charge < -0.3 is 19.3 Å². The first-order valence-electron chi connectivity index (χ1n) is 6.31. The van der Waals surface area contributed by atoms with Crippen molar-refractivity contribution >= 4 is 6.03 Å². The third-order valence-electron chi connectivity index (χ3n) is 3.31. The Morgan fingerprint density at radius 1 is 1.26 bits per heavy atom. The molecular weight excluding hydrogens is 244 g/mol. The summed E-state index contributed by atoms with van der Waals surface area (Å²) in [5, 5.41) is 0. The second-order valence-corrected chi connectivity index (χ2v) is 5.03. The van der Waals surface area contributed by atoms with E-state index in [1.165, 1.54) is 0 Å². The summed E-state index contributed by atoms with van der Waals surface area (Å²) in [4.78, 5) is 15.2. The summed E-state index contributed by atoms with van der Waals surface area (Å²) in [7, 11) is 5.33. The van der Waals surface area contributed by atoms with E-state index in [9.17, 15) is 4.79 Å². The Balaban J connectivity index is 2.02. The third-order valence-corrected chi connectivity index (χ3v) is 3.31. The summed E-state index contributed by atoms with van der Waals surface area (Å²) in [5.74, 6) is 1.57. The number of ether oxygens (including phenoxy) is 2. The van der Waals surface area contributed by atoms with Crippen LogP contribution >= 0.6 is 0 Å². The highest BCUT2D eigenvalue weighted by Gasteiger charge is 2.19. The molecule has 0 saturated heterocycles. The molecule has 1 heterocycles. The number of nitrogens with zero attached hydrogens (tertiary/aromatic N) is 2. The van der Waals surface area contributed by atoms with Gasteiger partial charge in [0.25, 0.3) is 0 Å². The summed E-state index contributed by atoms with van der Waals surface area (Å²) in [6.07, 6.45) is 0.784. The van der Waals surface area contributed by atoms with Crippen molar-refractivity contribution in [1.29, 1.82) is 0 Å². The maximum atomic E-state index is 11.9. The van der Waals surface area contributed by atoms with Crippen LogP contribution in [0.3, 0.4) is 0 Å². The molecule has 1 unspecified atom stereocenters. The van der Waals surface area contributed by atoms with Gasteiger partial charge in [-0.2, -0.15) is 0 Å². The molecule has 0 radical (unpaired) electrons. The molecule has 0 spiro atoms. The van der Waals surface area contributed by atoms with E-state index in [0.717, 1.165) is 23.5 Å². The van der Waals surface area contributed by atoms with Crippen LogP contribution < -0.4 is 9.47 Å². The Morgan fingerprint density at radius 3 is 2.63 bits per heavy atom. The van der Waals surface area contributed by atoms with Gasteiger partial charge in [-0.25, -0.2) is 4.79 Å². The van der Waals surface area contributed by atoms with E-state index in [0.29, 0.717) is 0 Å². The largest absolute Gasteiger partial charge is 0.454 e. The monoisotopic (exact) mass is 264 g/mol. The van der Waals surface area contributed by atoms with Crippen LogP contribution in [-0.2, 0) is 6.42 Å². The van der Waals surface area contributed by atoms with Crippen LogP contribution in [-0.4, -0.2) is 49.8 Å². The second-order valence-electron chi connectivity index (χ2n) is 5.03. The Bertz CT molecular complexity index is 474. The number of carbonyl (C=O) groups excluding carboxylic acids is 1. The molecule has 104 valence electrons. The van der Waals surface area contributed by atoms with Crippen LogP contribution in [0.5, 0.6) is 11.5 Å². The van der Waals surface area contributed by atoms with Gasteiger partial charge in [0.1, 0.15) is 0 Å². The predicted octanol–water partition coefficient (Wildman–Crippen LogP) is 1.96. The van der Waals surface area contributed by atoms with Crippen molar-refractivity contribution in [2.75, 3.05) is 27.9 Å². The van der Waals surface area contributed by atoms with E-state index in [-0.39, 0.29) is 18.9 Å². The summed E-state index contributed by atoms with van der Waals surface area (Å²) >= 11 is 0. The molecule has 0 saturated carbocycles. The van der Waals surface area contributed by atoms with Gasteiger partial charge in [0, 0.05) is 27.2 Å². The van der Waals surface area contributed by atoms with Gasteiger partial charge in [-0.3, -0.25) is 0 Å². The highest BCUT2D eigenvalue weighted by atomic mass is 16.7. The Hall–Kier alpha value is -1.91. The Kier molecular flexibility index (Phi) is 3.83. The lowest BCUT2D eigenvalue weighted by Gasteiger charge is -2.28. The van der Waals surface area contributed by atoms with Gasteiger partial charge >= 0.3 is 6.03 Å². The zero-order valence-corrected chi connectivity index (χ0v) is 11.8. The molecule has 1 aromatic rings. The van der Waals surface area contributed by atoms with Crippen molar-refractivity contribution in [2.45, 2.75) is 19.4 Å². The van der Waals surface area contributed by atoms with E-state index in [4.69, 9.17) is 9.47 Å². The van der Waals surface area contributed by atoms with E-state index >= 15 is 0 Å². The number of carbonyl (C=O) groups is 1. The predicted molar refractivity (Wildman–Crippen MR) is 72.6 cm³/mol. The molecule has 1 aromatic carbocycles. The van der Waals surface area contributed by atoms with Crippen LogP contribution in [0.1, 0.15) is 12.5 Å². The summed E-state index contributed by atoms with van der Waals surface area (Å²) in [5.41, 5.74) is 1.13. The molecule has 5 heteroatoms. The van der Waals surface area contributed by atoms with Crippen molar-refractivity contribution in [3.05, 3.63) is 23.8 Å². The van der Waals surface area contributed by atoms with Crippen molar-refractivity contribution in [2.24, 2.45) is 0 Å². The number of amides is 2. The number of urea groups is 1. The maximum Gasteiger partial charge on any atom is 0.319 e. The quantitative estimate of drug-likeness (QED) is 0.838. The van der Waals surface area contributed by atoms with Crippen molar-refractivity contribution < 1.29 is 14.3 Å². The molecular formula is C14H20N2O3. The fourth-order valence-corrected chi connectivity index (χ4v) is 2.05. The first-order chi connectivity index (χ1) is 8.99. The van der Waals surface area contributed by atoms with Gasteiger partial charge in [-0.15, -0.1) is 0 Å². The molecule has 1 aliphatic heterocycles. The fourth-order valence-electron chi connectivity index (χ4n) is 2.05. The molecule has 19 heavy (non-hydrogen) atoms. The number of benzene rings is 1. The van der Waals surface area contributed by atoms with Gasteiger partial charge in [-0.1, -0.05) is 6.07 Å². The van der Waals surface area contributed by atoms with Crippen LogP contribution in [0.15, 0.2) is 18.2 Å². The number of hydrogen-bond donors (Lipinski definition) is 0. The summed E-state index contributed by atoms with van der Waals surface area (Å²) < 4.78 is 10.6. The zero-order chi connectivity index (χ0) is 14.0. The SMILES string of the molecule is CC(Cc1ccc2c(c1)OCO2)N(C)C(=O)N(C)C. The topological polar surface area (TPSA) is 42.0 Å². The minimum atomic E-state index is 0.00763. The molecule has 1 atom stereocenters. The first kappa shape index (κ1) is 13.5. The number of hydrogen-bond acceptors (Lipinski definition) is 3. The van der Waals surface area contributed by atoms with Crippen molar-refractivity contribution in [3.8, 4) is 11.5 Å². The van der Waals surface area contributed by atoms with Gasteiger partial charge in [-0.05, 0) is 31.0 Å². The lowest BCUT2D eigenvalue weighted by Crippen LogP contribution is -2.42. The molecule has 5 nitrogen and oxygen atoms in total. The molecule has 0 aromatic heterocycles. The highest BCUT2D eigenvalue weighted by molar-refractivity contribution is 5.73. The smallest absolute Gasteiger partial charge is 0.319 e. The first-order valence-corrected chi connectivity index (χ1v) is 6.31. The minimum absolute atomic E-state index is 0.00763. The third kappa shape index (κ3) is 2.92. The molecule has 2 amide bonds. The number of fused-ring (bicyclic) bond motifs is 1. The Labute approximate surface area is 113 Å². The zero-order valence-electron chi connectivity index (χ0n) is 11.8. The summed E-state index contributed by atoms with van der Waals surface area (Å²) in [6, 6.07) is 6.03. The molecule has 2 rings (SSSR count). The highest BCUT2D eigenvalue weighted by Crippen LogP contribution is 2.32. The minimum Gasteiger partial charge on any atom is -0.454 e. The second kappa shape index (κ2) is 5.38. The normalized spacial score (nSPS) is 14.1. The fraction of sp³-hybridized carbons (Fsp3) is 0.500. The van der Waals surface area contributed by atoms with Gasteiger partial charge in [0.05, 0.1) is 0 Å². The lowest BCUT2D eigenvalue weighted by atomic mass is 10.1.